The number of nitriles is 1. The van der Waals surface area contributed by atoms with Crippen molar-refractivity contribution in [1.82, 2.24) is 5.32 Å². The molecule has 0 saturated carbocycles. The summed E-state index contributed by atoms with van der Waals surface area (Å²) in [6.45, 7) is 2.66. The summed E-state index contributed by atoms with van der Waals surface area (Å²) < 4.78 is 5.51. The molecule has 0 aliphatic carbocycles. The number of ether oxygens (including phenoxy) is 1. The Labute approximate surface area is 93.7 Å². The van der Waals surface area contributed by atoms with E-state index in [2.05, 4.69) is 11.4 Å². The van der Waals surface area contributed by atoms with Crippen molar-refractivity contribution < 1.29 is 4.74 Å². The van der Waals surface area contributed by atoms with Gasteiger partial charge in [-0.05, 0) is 25.0 Å². The van der Waals surface area contributed by atoms with Crippen molar-refractivity contribution in [2.24, 2.45) is 0 Å². The molecular formula is C11H14N2OS. The first-order valence-corrected chi connectivity index (χ1v) is 6.01. The van der Waals surface area contributed by atoms with E-state index in [0.717, 1.165) is 24.6 Å². The van der Waals surface area contributed by atoms with Crippen LogP contribution >= 0.6 is 11.3 Å². The summed E-state index contributed by atoms with van der Waals surface area (Å²) in [4.78, 5) is 1.99. The lowest BCUT2D eigenvalue weighted by molar-refractivity contribution is 0.110. The van der Waals surface area contributed by atoms with Crippen molar-refractivity contribution in [1.29, 1.82) is 5.26 Å². The van der Waals surface area contributed by atoms with Crippen LogP contribution in [0.4, 0.5) is 0 Å². The second-order valence-electron chi connectivity index (χ2n) is 3.64. The third kappa shape index (κ3) is 3.03. The Hall–Kier alpha value is -0.890. The van der Waals surface area contributed by atoms with Crippen LogP contribution in [0.3, 0.4) is 0 Å². The Morgan fingerprint density at radius 1 is 1.60 bits per heavy atom. The fourth-order valence-electron chi connectivity index (χ4n) is 1.69. The molecule has 2 rings (SSSR count). The predicted molar refractivity (Wildman–Crippen MR) is 59.7 cm³/mol. The first kappa shape index (κ1) is 10.6. The van der Waals surface area contributed by atoms with Crippen LogP contribution in [0.15, 0.2) is 12.1 Å². The predicted octanol–water partition coefficient (Wildman–Crippen LogP) is 1.89. The molecule has 1 aromatic heterocycles. The number of hydrogen-bond acceptors (Lipinski definition) is 4. The molecule has 1 saturated heterocycles. The SMILES string of the molecule is N#Cc1ccc(CNCC2CCCO2)s1. The fourth-order valence-corrected chi connectivity index (χ4v) is 2.47. The summed E-state index contributed by atoms with van der Waals surface area (Å²) in [5, 5.41) is 12.0. The summed E-state index contributed by atoms with van der Waals surface area (Å²) >= 11 is 1.55. The zero-order valence-corrected chi connectivity index (χ0v) is 9.35. The van der Waals surface area contributed by atoms with Gasteiger partial charge in [0.15, 0.2) is 0 Å². The summed E-state index contributed by atoms with van der Waals surface area (Å²) in [7, 11) is 0. The van der Waals surface area contributed by atoms with E-state index in [1.165, 1.54) is 17.7 Å². The molecular weight excluding hydrogens is 208 g/mol. The molecule has 4 heteroatoms. The maximum atomic E-state index is 8.67. The van der Waals surface area contributed by atoms with Gasteiger partial charge in [0.1, 0.15) is 10.9 Å². The van der Waals surface area contributed by atoms with Crippen molar-refractivity contribution in [3.8, 4) is 6.07 Å². The van der Waals surface area contributed by atoms with E-state index in [-0.39, 0.29) is 0 Å². The Kier molecular flexibility index (Phi) is 3.73. The van der Waals surface area contributed by atoms with Gasteiger partial charge < -0.3 is 10.1 Å². The molecule has 1 atom stereocenters. The van der Waals surface area contributed by atoms with Crippen molar-refractivity contribution in [3.05, 3.63) is 21.9 Å². The van der Waals surface area contributed by atoms with Crippen LogP contribution in [0.2, 0.25) is 0 Å². The quantitative estimate of drug-likeness (QED) is 0.846. The van der Waals surface area contributed by atoms with Crippen LogP contribution in [-0.4, -0.2) is 19.3 Å². The highest BCUT2D eigenvalue weighted by molar-refractivity contribution is 7.12. The van der Waals surface area contributed by atoms with Gasteiger partial charge in [-0.15, -0.1) is 11.3 Å². The highest BCUT2D eigenvalue weighted by atomic mass is 32.1. The van der Waals surface area contributed by atoms with Crippen molar-refractivity contribution >= 4 is 11.3 Å². The Morgan fingerprint density at radius 3 is 3.20 bits per heavy atom. The number of nitrogens with zero attached hydrogens (tertiary/aromatic N) is 1. The molecule has 1 unspecified atom stereocenters. The van der Waals surface area contributed by atoms with Gasteiger partial charge in [0.25, 0.3) is 0 Å². The smallest absolute Gasteiger partial charge is 0.110 e. The molecule has 2 heterocycles. The third-order valence-electron chi connectivity index (χ3n) is 2.47. The van der Waals surface area contributed by atoms with E-state index in [9.17, 15) is 0 Å². The molecule has 80 valence electrons. The molecule has 3 nitrogen and oxygen atoms in total. The average Bonchev–Trinajstić information content (AvgIpc) is 2.88. The number of rotatable bonds is 4. The summed E-state index contributed by atoms with van der Waals surface area (Å²) in [5.74, 6) is 0. The standard InChI is InChI=1S/C11H14N2OS/c12-6-10-3-4-11(15-10)8-13-7-9-2-1-5-14-9/h3-4,9,13H,1-2,5,7-8H2. The van der Waals surface area contributed by atoms with Crippen molar-refractivity contribution in [2.45, 2.75) is 25.5 Å². The highest BCUT2D eigenvalue weighted by Crippen LogP contribution is 2.15. The van der Waals surface area contributed by atoms with Crippen LogP contribution in [0, 0.1) is 11.3 Å². The van der Waals surface area contributed by atoms with Crippen LogP contribution in [0.25, 0.3) is 0 Å². The molecule has 1 N–H and O–H groups in total. The number of nitrogens with one attached hydrogen (secondary N) is 1. The van der Waals surface area contributed by atoms with Crippen LogP contribution in [0.5, 0.6) is 0 Å². The number of hydrogen-bond donors (Lipinski definition) is 1. The van der Waals surface area contributed by atoms with E-state index >= 15 is 0 Å². The van der Waals surface area contributed by atoms with Crippen molar-refractivity contribution in [2.75, 3.05) is 13.2 Å². The maximum absolute atomic E-state index is 8.67. The van der Waals surface area contributed by atoms with E-state index < -0.39 is 0 Å². The van der Waals surface area contributed by atoms with Crippen LogP contribution < -0.4 is 5.32 Å². The van der Waals surface area contributed by atoms with Gasteiger partial charge in [0, 0.05) is 24.6 Å². The third-order valence-corrected chi connectivity index (χ3v) is 3.46. The van der Waals surface area contributed by atoms with Gasteiger partial charge in [-0.2, -0.15) is 5.26 Å². The van der Waals surface area contributed by atoms with Gasteiger partial charge >= 0.3 is 0 Å². The lowest BCUT2D eigenvalue weighted by atomic mass is 10.2. The van der Waals surface area contributed by atoms with Gasteiger partial charge in [-0.3, -0.25) is 0 Å². The normalized spacial score (nSPS) is 20.3. The summed E-state index contributed by atoms with van der Waals surface area (Å²) in [6, 6.07) is 6.02. The monoisotopic (exact) mass is 222 g/mol. The van der Waals surface area contributed by atoms with Crippen molar-refractivity contribution in [3.63, 3.8) is 0 Å². The maximum Gasteiger partial charge on any atom is 0.110 e. The van der Waals surface area contributed by atoms with Crippen LogP contribution in [-0.2, 0) is 11.3 Å². The lowest BCUT2D eigenvalue weighted by Gasteiger charge is -2.09. The van der Waals surface area contributed by atoms with Gasteiger partial charge in [-0.1, -0.05) is 0 Å². The van der Waals surface area contributed by atoms with Gasteiger partial charge in [-0.25, -0.2) is 0 Å². The Balaban J connectivity index is 1.71. The van der Waals surface area contributed by atoms with Gasteiger partial charge in [0.2, 0.25) is 0 Å². The summed E-state index contributed by atoms with van der Waals surface area (Å²) in [6.07, 6.45) is 2.74. The topological polar surface area (TPSA) is 45.0 Å². The Morgan fingerprint density at radius 2 is 2.53 bits per heavy atom. The van der Waals surface area contributed by atoms with E-state index in [0.29, 0.717) is 6.10 Å². The summed E-state index contributed by atoms with van der Waals surface area (Å²) in [5.41, 5.74) is 0. The molecule has 0 aromatic carbocycles. The molecule has 0 radical (unpaired) electrons. The molecule has 1 aromatic rings. The fraction of sp³-hybridized carbons (Fsp3) is 0.545. The zero-order chi connectivity index (χ0) is 10.5. The molecule has 1 aliphatic heterocycles. The van der Waals surface area contributed by atoms with Crippen LogP contribution in [0.1, 0.15) is 22.6 Å². The highest BCUT2D eigenvalue weighted by Gasteiger charge is 2.14. The minimum absolute atomic E-state index is 0.389. The zero-order valence-electron chi connectivity index (χ0n) is 8.53. The lowest BCUT2D eigenvalue weighted by Crippen LogP contribution is -2.25. The van der Waals surface area contributed by atoms with Gasteiger partial charge in [0.05, 0.1) is 6.10 Å². The number of thiophene rings is 1. The molecule has 1 fully saturated rings. The largest absolute Gasteiger partial charge is 0.377 e. The molecule has 15 heavy (non-hydrogen) atoms. The van der Waals surface area contributed by atoms with E-state index in [4.69, 9.17) is 10.00 Å². The van der Waals surface area contributed by atoms with E-state index in [1.807, 2.05) is 12.1 Å². The van der Waals surface area contributed by atoms with E-state index in [1.54, 1.807) is 11.3 Å². The minimum Gasteiger partial charge on any atom is -0.377 e. The molecule has 0 spiro atoms. The first-order chi connectivity index (χ1) is 7.38. The molecule has 0 bridgehead atoms. The first-order valence-electron chi connectivity index (χ1n) is 5.19. The molecule has 0 amide bonds. The molecule has 1 aliphatic rings. The second kappa shape index (κ2) is 5.26. The average molecular weight is 222 g/mol. The Bertz CT molecular complexity index is 350. The second-order valence-corrected chi connectivity index (χ2v) is 4.81. The minimum atomic E-state index is 0.389.